The Balaban J connectivity index is 2.35. The Hall–Kier alpha value is -1.93. The van der Waals surface area contributed by atoms with Gasteiger partial charge in [0.2, 0.25) is 15.9 Å². The lowest BCUT2D eigenvalue weighted by molar-refractivity contribution is -0.121. The van der Waals surface area contributed by atoms with Crippen LogP contribution < -0.4 is 5.32 Å². The molecule has 1 amide bonds. The van der Waals surface area contributed by atoms with Gasteiger partial charge in [-0.15, -0.1) is 0 Å². The molecule has 1 heterocycles. The molecule has 0 aliphatic carbocycles. The lowest BCUT2D eigenvalue weighted by Crippen LogP contribution is -2.24. The van der Waals surface area contributed by atoms with Crippen molar-refractivity contribution in [3.8, 4) is 0 Å². The van der Waals surface area contributed by atoms with Crippen molar-refractivity contribution in [2.75, 3.05) is 20.6 Å². The Morgan fingerprint density at radius 1 is 1.22 bits per heavy atom. The van der Waals surface area contributed by atoms with Crippen molar-refractivity contribution in [2.45, 2.75) is 57.4 Å². The summed E-state index contributed by atoms with van der Waals surface area (Å²) in [7, 11) is -0.478. The zero-order chi connectivity index (χ0) is 20.0. The Kier molecular flexibility index (Phi) is 7.38. The topological polar surface area (TPSA) is 84.3 Å². The van der Waals surface area contributed by atoms with Gasteiger partial charge in [0.1, 0.15) is 5.82 Å². The molecule has 0 spiro atoms. The van der Waals surface area contributed by atoms with E-state index < -0.39 is 10.0 Å². The van der Waals surface area contributed by atoms with Gasteiger partial charge in [-0.2, -0.15) is 0 Å². The molecule has 2 rings (SSSR count). The SMILES string of the molecule is CCCCn1c(CCC(=O)NCCC)nc2cc(S(=O)(=O)N(C)C)ccc21. The number of rotatable bonds is 10. The summed E-state index contributed by atoms with van der Waals surface area (Å²) in [4.78, 5) is 16.8. The number of nitrogens with zero attached hydrogens (tertiary/aromatic N) is 3. The molecular weight excluding hydrogens is 364 g/mol. The largest absolute Gasteiger partial charge is 0.356 e. The standard InChI is InChI=1S/C19H30N4O3S/c1-5-7-13-23-17-9-8-15(27(25,26)22(3)4)14-16(17)21-18(23)10-11-19(24)20-12-6-2/h8-9,14H,5-7,10-13H2,1-4H3,(H,20,24). The van der Waals surface area contributed by atoms with Gasteiger partial charge in [-0.25, -0.2) is 17.7 Å². The third-order valence-corrected chi connectivity index (χ3v) is 6.27. The maximum atomic E-state index is 12.4. The molecule has 0 aliphatic heterocycles. The highest BCUT2D eigenvalue weighted by molar-refractivity contribution is 7.89. The molecule has 27 heavy (non-hydrogen) atoms. The molecule has 7 nitrogen and oxygen atoms in total. The van der Waals surface area contributed by atoms with Gasteiger partial charge in [-0.3, -0.25) is 4.79 Å². The van der Waals surface area contributed by atoms with Gasteiger partial charge in [0.25, 0.3) is 0 Å². The molecule has 1 N–H and O–H groups in total. The average molecular weight is 395 g/mol. The lowest BCUT2D eigenvalue weighted by atomic mass is 10.2. The fourth-order valence-corrected chi connectivity index (χ4v) is 3.79. The molecule has 0 atom stereocenters. The van der Waals surface area contributed by atoms with E-state index in [-0.39, 0.29) is 10.8 Å². The molecule has 0 unspecified atom stereocenters. The summed E-state index contributed by atoms with van der Waals surface area (Å²) in [6.07, 6.45) is 3.85. The van der Waals surface area contributed by atoms with Crippen molar-refractivity contribution < 1.29 is 13.2 Å². The van der Waals surface area contributed by atoms with E-state index in [4.69, 9.17) is 0 Å². The molecule has 0 bridgehead atoms. The van der Waals surface area contributed by atoms with E-state index in [0.29, 0.717) is 24.9 Å². The third kappa shape index (κ3) is 5.07. The highest BCUT2D eigenvalue weighted by atomic mass is 32.2. The van der Waals surface area contributed by atoms with Crippen LogP contribution >= 0.6 is 0 Å². The number of carbonyl (C=O) groups excluding carboxylic acids is 1. The van der Waals surface area contributed by atoms with Crippen molar-refractivity contribution in [2.24, 2.45) is 0 Å². The van der Waals surface area contributed by atoms with E-state index >= 15 is 0 Å². The summed E-state index contributed by atoms with van der Waals surface area (Å²) in [6, 6.07) is 5.06. The number of hydrogen-bond donors (Lipinski definition) is 1. The van der Waals surface area contributed by atoms with E-state index in [2.05, 4.69) is 21.8 Å². The zero-order valence-corrected chi connectivity index (χ0v) is 17.5. The van der Waals surface area contributed by atoms with Crippen LogP contribution in [0.2, 0.25) is 0 Å². The Bertz CT molecular complexity index is 888. The Morgan fingerprint density at radius 2 is 1.96 bits per heavy atom. The van der Waals surface area contributed by atoms with E-state index in [1.807, 2.05) is 13.0 Å². The first-order valence-corrected chi connectivity index (χ1v) is 10.9. The molecule has 1 aromatic carbocycles. The van der Waals surface area contributed by atoms with Crippen molar-refractivity contribution in [3.05, 3.63) is 24.0 Å². The first-order chi connectivity index (χ1) is 12.8. The molecule has 0 aliphatic rings. The van der Waals surface area contributed by atoms with Gasteiger partial charge in [0.15, 0.2) is 0 Å². The number of hydrogen-bond acceptors (Lipinski definition) is 4. The summed E-state index contributed by atoms with van der Waals surface area (Å²) in [5, 5.41) is 2.88. The summed E-state index contributed by atoms with van der Waals surface area (Å²) >= 11 is 0. The third-order valence-electron chi connectivity index (χ3n) is 4.46. The van der Waals surface area contributed by atoms with Crippen LogP contribution in [0.3, 0.4) is 0 Å². The number of nitrogens with one attached hydrogen (secondary N) is 1. The van der Waals surface area contributed by atoms with Crippen molar-refractivity contribution in [1.82, 2.24) is 19.2 Å². The summed E-state index contributed by atoms with van der Waals surface area (Å²) in [6.45, 7) is 5.62. The predicted molar refractivity (Wildman–Crippen MR) is 107 cm³/mol. The molecule has 150 valence electrons. The van der Waals surface area contributed by atoms with Crippen LogP contribution in [0, 0.1) is 0 Å². The summed E-state index contributed by atoms with van der Waals surface area (Å²) in [5.74, 6) is 0.839. The summed E-state index contributed by atoms with van der Waals surface area (Å²) in [5.41, 5.74) is 1.56. The average Bonchev–Trinajstić information content (AvgIpc) is 2.99. The molecule has 0 saturated heterocycles. The summed E-state index contributed by atoms with van der Waals surface area (Å²) < 4.78 is 28.1. The number of sulfonamides is 1. The van der Waals surface area contributed by atoms with Gasteiger partial charge in [0, 0.05) is 40.0 Å². The van der Waals surface area contributed by atoms with Crippen molar-refractivity contribution >= 4 is 27.0 Å². The van der Waals surface area contributed by atoms with E-state index in [9.17, 15) is 13.2 Å². The molecular formula is C19H30N4O3S. The first-order valence-electron chi connectivity index (χ1n) is 9.49. The minimum absolute atomic E-state index is 0.0156. The molecule has 0 fully saturated rings. The maximum Gasteiger partial charge on any atom is 0.242 e. The molecule has 0 radical (unpaired) electrons. The van der Waals surface area contributed by atoms with Crippen LogP contribution in [0.25, 0.3) is 11.0 Å². The number of fused-ring (bicyclic) bond motifs is 1. The Morgan fingerprint density at radius 3 is 2.59 bits per heavy atom. The van der Waals surface area contributed by atoms with Crippen LogP contribution in [-0.2, 0) is 27.8 Å². The van der Waals surface area contributed by atoms with Crippen LogP contribution in [0.15, 0.2) is 23.1 Å². The number of aryl methyl sites for hydroxylation is 2. The zero-order valence-electron chi connectivity index (χ0n) is 16.7. The second kappa shape index (κ2) is 9.32. The van der Waals surface area contributed by atoms with Crippen LogP contribution in [-0.4, -0.2) is 48.8 Å². The van der Waals surface area contributed by atoms with Gasteiger partial charge in [-0.05, 0) is 31.0 Å². The molecule has 1 aromatic heterocycles. The second-order valence-electron chi connectivity index (χ2n) is 6.82. The number of benzene rings is 1. The number of carbonyl (C=O) groups is 1. The predicted octanol–water partition coefficient (Wildman–Crippen LogP) is 2.55. The smallest absolute Gasteiger partial charge is 0.242 e. The monoisotopic (exact) mass is 394 g/mol. The molecule has 2 aromatic rings. The fraction of sp³-hybridized carbons (Fsp3) is 0.579. The van der Waals surface area contributed by atoms with E-state index in [1.165, 1.54) is 18.4 Å². The molecule has 0 saturated carbocycles. The Labute approximate surface area is 161 Å². The first kappa shape index (κ1) is 21.4. The maximum absolute atomic E-state index is 12.4. The van der Waals surface area contributed by atoms with Crippen molar-refractivity contribution in [1.29, 1.82) is 0 Å². The minimum atomic E-state index is -3.50. The highest BCUT2D eigenvalue weighted by Crippen LogP contribution is 2.23. The number of aromatic nitrogens is 2. The van der Waals surface area contributed by atoms with Gasteiger partial charge < -0.3 is 9.88 Å². The fourth-order valence-electron chi connectivity index (χ4n) is 2.87. The highest BCUT2D eigenvalue weighted by Gasteiger charge is 2.20. The second-order valence-corrected chi connectivity index (χ2v) is 8.97. The van der Waals surface area contributed by atoms with Gasteiger partial charge >= 0.3 is 0 Å². The minimum Gasteiger partial charge on any atom is -0.356 e. The quantitative estimate of drug-likeness (QED) is 0.671. The van der Waals surface area contributed by atoms with Crippen LogP contribution in [0.4, 0.5) is 0 Å². The number of unbranched alkanes of at least 4 members (excludes halogenated alkanes) is 1. The lowest BCUT2D eigenvalue weighted by Gasteiger charge is -2.11. The van der Waals surface area contributed by atoms with Crippen LogP contribution in [0.5, 0.6) is 0 Å². The number of amides is 1. The number of imidazole rings is 1. The van der Waals surface area contributed by atoms with E-state index in [1.54, 1.807) is 12.1 Å². The van der Waals surface area contributed by atoms with Gasteiger partial charge in [0.05, 0.1) is 15.9 Å². The van der Waals surface area contributed by atoms with Gasteiger partial charge in [-0.1, -0.05) is 20.3 Å². The normalized spacial score (nSPS) is 12.0. The van der Waals surface area contributed by atoms with Crippen molar-refractivity contribution in [3.63, 3.8) is 0 Å². The molecule has 8 heteroatoms. The van der Waals surface area contributed by atoms with E-state index in [0.717, 1.165) is 37.1 Å². The van der Waals surface area contributed by atoms with Crippen LogP contribution in [0.1, 0.15) is 45.4 Å².